The average Bonchev–Trinajstić information content (AvgIpc) is 3.14. The van der Waals surface area contributed by atoms with Crippen LogP contribution in [0.4, 0.5) is 5.82 Å². The van der Waals surface area contributed by atoms with E-state index in [0.29, 0.717) is 0 Å². The van der Waals surface area contributed by atoms with Gasteiger partial charge in [0.1, 0.15) is 5.82 Å². The first-order valence-corrected chi connectivity index (χ1v) is 7.01. The number of nitrogens with one attached hydrogen (secondary N) is 1. The maximum Gasteiger partial charge on any atom is 0.147 e. The van der Waals surface area contributed by atoms with Gasteiger partial charge in [-0.2, -0.15) is 0 Å². The number of rotatable bonds is 4. The van der Waals surface area contributed by atoms with Crippen LogP contribution in [0.5, 0.6) is 0 Å². The Morgan fingerprint density at radius 3 is 2.44 bits per heavy atom. The van der Waals surface area contributed by atoms with Crippen LogP contribution in [-0.4, -0.2) is 29.1 Å². The van der Waals surface area contributed by atoms with Gasteiger partial charge in [-0.15, -0.1) is 0 Å². The van der Waals surface area contributed by atoms with Gasteiger partial charge in [0.15, 0.2) is 0 Å². The summed E-state index contributed by atoms with van der Waals surface area (Å²) in [6.45, 7) is 7.69. The molecule has 1 aromatic heterocycles. The molecule has 2 heterocycles. The van der Waals surface area contributed by atoms with Gasteiger partial charge in [0.2, 0.25) is 0 Å². The average molecular weight is 246 g/mol. The second-order valence-corrected chi connectivity index (χ2v) is 5.88. The fraction of sp³-hybridized carbons (Fsp3) is 0.714. The standard InChI is InChI=1S/C14H22N4/c1-10-8-18(9-11(10)2)14-7-16-13(6-17-14)5-15-12-3-4-12/h6-7,10-12,15H,3-5,8-9H2,1-2H3. The van der Waals surface area contributed by atoms with Gasteiger partial charge in [0.25, 0.3) is 0 Å². The van der Waals surface area contributed by atoms with Crippen LogP contribution in [0.25, 0.3) is 0 Å². The Morgan fingerprint density at radius 1 is 1.17 bits per heavy atom. The molecular weight excluding hydrogens is 224 g/mol. The third-order valence-corrected chi connectivity index (χ3v) is 4.15. The zero-order valence-corrected chi connectivity index (χ0v) is 11.3. The second-order valence-electron chi connectivity index (χ2n) is 5.88. The largest absolute Gasteiger partial charge is 0.355 e. The molecule has 0 aromatic carbocycles. The molecule has 2 fully saturated rings. The molecule has 4 heteroatoms. The Hall–Kier alpha value is -1.16. The molecule has 98 valence electrons. The van der Waals surface area contributed by atoms with Crippen molar-refractivity contribution in [1.82, 2.24) is 15.3 Å². The van der Waals surface area contributed by atoms with E-state index in [4.69, 9.17) is 0 Å². The minimum atomic E-state index is 0.728. The number of hydrogen-bond donors (Lipinski definition) is 1. The van der Waals surface area contributed by atoms with Gasteiger partial charge >= 0.3 is 0 Å². The second kappa shape index (κ2) is 4.84. The Bertz CT molecular complexity index is 389. The Balaban J connectivity index is 1.59. The number of hydrogen-bond acceptors (Lipinski definition) is 4. The van der Waals surface area contributed by atoms with E-state index in [1.807, 2.05) is 12.4 Å². The van der Waals surface area contributed by atoms with Crippen molar-refractivity contribution in [1.29, 1.82) is 0 Å². The molecule has 1 saturated heterocycles. The van der Waals surface area contributed by atoms with Crippen molar-refractivity contribution in [2.45, 2.75) is 39.3 Å². The van der Waals surface area contributed by atoms with Crippen LogP contribution in [0.3, 0.4) is 0 Å². The zero-order valence-electron chi connectivity index (χ0n) is 11.3. The lowest BCUT2D eigenvalue weighted by molar-refractivity contribution is 0.494. The summed E-state index contributed by atoms with van der Waals surface area (Å²) in [5.74, 6) is 2.53. The minimum absolute atomic E-state index is 0.728. The quantitative estimate of drug-likeness (QED) is 0.880. The van der Waals surface area contributed by atoms with Crippen LogP contribution in [0, 0.1) is 11.8 Å². The van der Waals surface area contributed by atoms with Crippen molar-refractivity contribution in [3.8, 4) is 0 Å². The maximum absolute atomic E-state index is 4.55. The Morgan fingerprint density at radius 2 is 1.89 bits per heavy atom. The topological polar surface area (TPSA) is 41.1 Å². The molecule has 0 bridgehead atoms. The van der Waals surface area contributed by atoms with E-state index in [1.54, 1.807) is 0 Å². The molecular formula is C14H22N4. The van der Waals surface area contributed by atoms with Crippen molar-refractivity contribution >= 4 is 5.82 Å². The highest BCUT2D eigenvalue weighted by atomic mass is 15.2. The van der Waals surface area contributed by atoms with E-state index in [-0.39, 0.29) is 0 Å². The summed E-state index contributed by atoms with van der Waals surface area (Å²) in [5, 5.41) is 3.46. The zero-order chi connectivity index (χ0) is 12.5. The van der Waals surface area contributed by atoms with Gasteiger partial charge in [-0.1, -0.05) is 13.8 Å². The molecule has 2 atom stereocenters. The predicted molar refractivity (Wildman–Crippen MR) is 72.4 cm³/mol. The molecule has 3 rings (SSSR count). The van der Waals surface area contributed by atoms with E-state index in [0.717, 1.165) is 49.0 Å². The van der Waals surface area contributed by atoms with Crippen molar-refractivity contribution < 1.29 is 0 Å². The summed E-state index contributed by atoms with van der Waals surface area (Å²) >= 11 is 0. The van der Waals surface area contributed by atoms with Crippen molar-refractivity contribution in [2.24, 2.45) is 11.8 Å². The van der Waals surface area contributed by atoms with Crippen molar-refractivity contribution in [3.05, 3.63) is 18.1 Å². The number of nitrogens with zero attached hydrogens (tertiary/aromatic N) is 3. The van der Waals surface area contributed by atoms with Gasteiger partial charge in [0, 0.05) is 25.7 Å². The summed E-state index contributed by atoms with van der Waals surface area (Å²) in [4.78, 5) is 11.4. The minimum Gasteiger partial charge on any atom is -0.355 e. The van der Waals surface area contributed by atoms with Crippen molar-refractivity contribution in [3.63, 3.8) is 0 Å². The molecule has 1 aliphatic heterocycles. The van der Waals surface area contributed by atoms with Crippen LogP contribution >= 0.6 is 0 Å². The van der Waals surface area contributed by atoms with Crippen LogP contribution in [0.15, 0.2) is 12.4 Å². The highest BCUT2D eigenvalue weighted by Gasteiger charge is 2.27. The fourth-order valence-corrected chi connectivity index (χ4v) is 2.46. The van der Waals surface area contributed by atoms with Crippen molar-refractivity contribution in [2.75, 3.05) is 18.0 Å². The lowest BCUT2D eigenvalue weighted by Gasteiger charge is -2.16. The normalized spacial score (nSPS) is 27.8. The Kier molecular flexibility index (Phi) is 3.20. The molecule has 0 spiro atoms. The van der Waals surface area contributed by atoms with E-state index in [1.165, 1.54) is 12.8 Å². The first-order chi connectivity index (χ1) is 8.72. The smallest absolute Gasteiger partial charge is 0.147 e. The fourth-order valence-electron chi connectivity index (χ4n) is 2.46. The SMILES string of the molecule is CC1CN(c2cnc(CNC3CC3)cn2)CC1C. The molecule has 4 nitrogen and oxygen atoms in total. The molecule has 1 saturated carbocycles. The molecule has 2 unspecified atom stereocenters. The van der Waals surface area contributed by atoms with Gasteiger partial charge < -0.3 is 10.2 Å². The van der Waals surface area contributed by atoms with Crippen LogP contribution in [0.1, 0.15) is 32.4 Å². The van der Waals surface area contributed by atoms with Gasteiger partial charge in [-0.25, -0.2) is 4.98 Å². The monoisotopic (exact) mass is 246 g/mol. The summed E-state index contributed by atoms with van der Waals surface area (Å²) in [5.41, 5.74) is 1.05. The van der Waals surface area contributed by atoms with Crippen LogP contribution < -0.4 is 10.2 Å². The lowest BCUT2D eigenvalue weighted by Crippen LogP contribution is -2.22. The van der Waals surface area contributed by atoms with E-state index in [9.17, 15) is 0 Å². The first kappa shape index (κ1) is 11.9. The van der Waals surface area contributed by atoms with Gasteiger partial charge in [-0.05, 0) is 24.7 Å². The summed E-state index contributed by atoms with van der Waals surface area (Å²) < 4.78 is 0. The van der Waals surface area contributed by atoms with E-state index >= 15 is 0 Å². The molecule has 2 aliphatic rings. The third kappa shape index (κ3) is 2.64. The lowest BCUT2D eigenvalue weighted by atomic mass is 10.0. The van der Waals surface area contributed by atoms with E-state index in [2.05, 4.69) is 34.0 Å². The molecule has 1 aliphatic carbocycles. The summed E-state index contributed by atoms with van der Waals surface area (Å²) in [6.07, 6.45) is 6.47. The molecule has 0 radical (unpaired) electrons. The number of anilines is 1. The molecule has 0 amide bonds. The predicted octanol–water partition coefficient (Wildman–Crippen LogP) is 1.82. The third-order valence-electron chi connectivity index (χ3n) is 4.15. The summed E-state index contributed by atoms with van der Waals surface area (Å²) in [6, 6.07) is 0.728. The number of aromatic nitrogens is 2. The highest BCUT2D eigenvalue weighted by Crippen LogP contribution is 2.25. The highest BCUT2D eigenvalue weighted by molar-refractivity contribution is 5.37. The van der Waals surface area contributed by atoms with E-state index < -0.39 is 0 Å². The Labute approximate surface area is 109 Å². The van der Waals surface area contributed by atoms with Crippen LogP contribution in [0.2, 0.25) is 0 Å². The van der Waals surface area contributed by atoms with Crippen LogP contribution in [-0.2, 0) is 6.54 Å². The molecule has 1 aromatic rings. The summed E-state index contributed by atoms with van der Waals surface area (Å²) in [7, 11) is 0. The first-order valence-electron chi connectivity index (χ1n) is 7.01. The van der Waals surface area contributed by atoms with Gasteiger partial charge in [-0.3, -0.25) is 4.98 Å². The molecule has 1 N–H and O–H groups in total. The molecule has 18 heavy (non-hydrogen) atoms. The maximum atomic E-state index is 4.55. The van der Waals surface area contributed by atoms with Gasteiger partial charge in [0.05, 0.1) is 18.1 Å².